The third-order valence-corrected chi connectivity index (χ3v) is 2.18. The highest BCUT2D eigenvalue weighted by Gasteiger charge is 2.07. The third kappa shape index (κ3) is 5.45. The van der Waals surface area contributed by atoms with E-state index in [0.29, 0.717) is 0 Å². The molecule has 0 aromatic heterocycles. The maximum Gasteiger partial charge on any atom is 0.317 e. The van der Waals surface area contributed by atoms with Crippen molar-refractivity contribution in [1.82, 2.24) is 4.90 Å². The lowest BCUT2D eigenvalue weighted by atomic mass is 10.2. The molecule has 0 aliphatic carbocycles. The molecular formula is C13H16NO4-. The van der Waals surface area contributed by atoms with E-state index in [2.05, 4.69) is 11.8 Å². The Labute approximate surface area is 106 Å². The minimum atomic E-state index is -0.444. The molecule has 0 fully saturated rings. The summed E-state index contributed by atoms with van der Waals surface area (Å²) in [5, 5.41) is 0. The van der Waals surface area contributed by atoms with Gasteiger partial charge in [0.25, 0.3) is 0 Å². The van der Waals surface area contributed by atoms with Gasteiger partial charge in [0.1, 0.15) is 6.61 Å². The fraction of sp³-hybridized carbons (Fsp3) is 0.308. The molecule has 0 spiro atoms. The van der Waals surface area contributed by atoms with Crippen molar-refractivity contribution in [1.29, 1.82) is 0 Å². The zero-order valence-corrected chi connectivity index (χ0v) is 10.3. The molecule has 0 bridgehead atoms. The van der Waals surface area contributed by atoms with Gasteiger partial charge < -0.3 is 14.4 Å². The Morgan fingerprint density at radius 3 is 2.39 bits per heavy atom. The third-order valence-electron chi connectivity index (χ3n) is 2.18. The molecule has 0 radical (unpaired) electrons. The molecule has 0 atom stereocenters. The molecule has 0 N–H and O–H groups in total. The van der Waals surface area contributed by atoms with E-state index in [9.17, 15) is 9.59 Å². The van der Waals surface area contributed by atoms with Gasteiger partial charge in [-0.25, -0.2) is 0 Å². The van der Waals surface area contributed by atoms with Crippen molar-refractivity contribution in [3.63, 3.8) is 0 Å². The van der Waals surface area contributed by atoms with Crippen LogP contribution >= 0.6 is 0 Å². The van der Waals surface area contributed by atoms with Crippen molar-refractivity contribution in [2.75, 3.05) is 20.2 Å². The lowest BCUT2D eigenvalue weighted by Gasteiger charge is -2.21. The summed E-state index contributed by atoms with van der Waals surface area (Å²) < 4.78 is 9.50. The normalized spacial score (nSPS) is 10.2. The molecule has 1 rings (SSSR count). The zero-order valence-electron chi connectivity index (χ0n) is 10.3. The summed E-state index contributed by atoms with van der Waals surface area (Å²) in [6.45, 7) is 0.116. The smallest absolute Gasteiger partial charge is 0.317 e. The number of ether oxygens (including phenoxy) is 2. The van der Waals surface area contributed by atoms with Crippen molar-refractivity contribution in [2.24, 2.45) is 0 Å². The van der Waals surface area contributed by atoms with E-state index in [1.165, 1.54) is 12.0 Å². The van der Waals surface area contributed by atoms with Crippen LogP contribution < -0.4 is 0 Å². The first-order valence-electron chi connectivity index (χ1n) is 5.43. The molecule has 0 aliphatic heterocycles. The SMILES string of the molecule is [CH2-]N(CC(=O)OC)CC(=O)OCc1ccccc1. The number of carbonyl (C=O) groups is 2. The fourth-order valence-corrected chi connectivity index (χ4v) is 1.27. The van der Waals surface area contributed by atoms with Crippen LogP contribution in [0.25, 0.3) is 0 Å². The second-order valence-corrected chi connectivity index (χ2v) is 3.71. The molecular weight excluding hydrogens is 234 g/mol. The Kier molecular flexibility index (Phi) is 5.87. The summed E-state index contributed by atoms with van der Waals surface area (Å²) in [5.41, 5.74) is 0.912. The number of carbonyl (C=O) groups excluding carboxylic acids is 2. The first-order valence-corrected chi connectivity index (χ1v) is 5.43. The average Bonchev–Trinajstić information content (AvgIpc) is 2.37. The largest absolute Gasteiger partial charge is 0.468 e. The Morgan fingerprint density at radius 2 is 1.78 bits per heavy atom. The molecule has 5 nitrogen and oxygen atoms in total. The molecule has 0 saturated carbocycles. The number of methoxy groups -OCH3 is 1. The molecule has 1 aromatic carbocycles. The van der Waals surface area contributed by atoms with Gasteiger partial charge in [0, 0.05) is 0 Å². The topological polar surface area (TPSA) is 55.8 Å². The number of rotatable bonds is 6. The van der Waals surface area contributed by atoms with Crippen molar-refractivity contribution >= 4 is 11.9 Å². The Bertz CT molecular complexity index is 391. The fourth-order valence-electron chi connectivity index (χ4n) is 1.27. The van der Waals surface area contributed by atoms with Crippen LogP contribution in [0.4, 0.5) is 0 Å². The van der Waals surface area contributed by atoms with Gasteiger partial charge in [-0.2, -0.15) is 0 Å². The summed E-state index contributed by atoms with van der Waals surface area (Å²) in [6.07, 6.45) is 0. The predicted molar refractivity (Wildman–Crippen MR) is 65.2 cm³/mol. The maximum atomic E-state index is 11.4. The van der Waals surface area contributed by atoms with Gasteiger partial charge in [0.15, 0.2) is 0 Å². The van der Waals surface area contributed by atoms with E-state index in [-0.39, 0.29) is 19.7 Å². The highest BCUT2D eigenvalue weighted by Crippen LogP contribution is 2.01. The summed E-state index contributed by atoms with van der Waals surface area (Å²) in [7, 11) is 4.83. The van der Waals surface area contributed by atoms with Gasteiger partial charge in [-0.05, 0) is 5.56 Å². The summed E-state index contributed by atoms with van der Waals surface area (Å²) in [6, 6.07) is 9.36. The quantitative estimate of drug-likeness (QED) is 0.557. The number of esters is 2. The van der Waals surface area contributed by atoms with Gasteiger partial charge in [0.05, 0.1) is 20.2 Å². The standard InChI is InChI=1S/C13H16NO4/c1-14(8-12(15)17-2)9-13(16)18-10-11-6-4-3-5-7-11/h3-7H,1,8-10H2,2H3/q-1. The van der Waals surface area contributed by atoms with E-state index in [1.807, 2.05) is 30.3 Å². The molecule has 1 aromatic rings. The zero-order chi connectivity index (χ0) is 13.4. The van der Waals surface area contributed by atoms with E-state index >= 15 is 0 Å². The molecule has 0 aliphatic rings. The lowest BCUT2D eigenvalue weighted by Crippen LogP contribution is -2.30. The molecule has 0 saturated heterocycles. The Morgan fingerprint density at radius 1 is 1.17 bits per heavy atom. The van der Waals surface area contributed by atoms with E-state index < -0.39 is 11.9 Å². The highest BCUT2D eigenvalue weighted by atomic mass is 16.5. The average molecular weight is 250 g/mol. The van der Waals surface area contributed by atoms with E-state index in [4.69, 9.17) is 4.74 Å². The van der Waals surface area contributed by atoms with Crippen LogP contribution in [-0.4, -0.2) is 37.0 Å². The molecule has 0 heterocycles. The molecule has 5 heteroatoms. The summed E-state index contributed by atoms with van der Waals surface area (Å²) in [5.74, 6) is -0.876. The van der Waals surface area contributed by atoms with Crippen LogP contribution in [0.3, 0.4) is 0 Å². The van der Waals surface area contributed by atoms with Crippen molar-refractivity contribution < 1.29 is 19.1 Å². The Balaban J connectivity index is 2.27. The maximum absolute atomic E-state index is 11.4. The van der Waals surface area contributed by atoms with Gasteiger partial charge in [0.2, 0.25) is 0 Å². The first kappa shape index (κ1) is 14.2. The summed E-state index contributed by atoms with van der Waals surface area (Å²) in [4.78, 5) is 23.7. The molecule has 18 heavy (non-hydrogen) atoms. The van der Waals surface area contributed by atoms with Crippen LogP contribution in [0.2, 0.25) is 0 Å². The molecule has 98 valence electrons. The minimum Gasteiger partial charge on any atom is -0.468 e. The highest BCUT2D eigenvalue weighted by molar-refractivity contribution is 5.75. The van der Waals surface area contributed by atoms with Crippen molar-refractivity contribution in [3.8, 4) is 0 Å². The van der Waals surface area contributed by atoms with Crippen LogP contribution in [0, 0.1) is 7.05 Å². The van der Waals surface area contributed by atoms with E-state index in [0.717, 1.165) is 5.56 Å². The van der Waals surface area contributed by atoms with Crippen LogP contribution in [-0.2, 0) is 25.7 Å². The van der Waals surface area contributed by atoms with Crippen molar-refractivity contribution in [2.45, 2.75) is 6.61 Å². The van der Waals surface area contributed by atoms with Gasteiger partial charge >= 0.3 is 11.9 Å². The van der Waals surface area contributed by atoms with Gasteiger partial charge in [-0.1, -0.05) is 30.3 Å². The number of benzene rings is 1. The predicted octanol–water partition coefficient (Wildman–Crippen LogP) is 0.996. The number of hydrogen-bond donors (Lipinski definition) is 0. The van der Waals surface area contributed by atoms with Gasteiger partial charge in [-0.15, -0.1) is 0 Å². The lowest BCUT2D eigenvalue weighted by molar-refractivity contribution is -0.147. The second-order valence-electron chi connectivity index (χ2n) is 3.71. The second kappa shape index (κ2) is 7.45. The van der Waals surface area contributed by atoms with Gasteiger partial charge in [-0.3, -0.25) is 16.6 Å². The van der Waals surface area contributed by atoms with E-state index in [1.54, 1.807) is 0 Å². The van der Waals surface area contributed by atoms with Crippen LogP contribution in [0.1, 0.15) is 5.56 Å². The molecule has 0 unspecified atom stereocenters. The number of hydrogen-bond acceptors (Lipinski definition) is 5. The number of nitrogens with zero attached hydrogens (tertiary/aromatic N) is 1. The first-order chi connectivity index (χ1) is 8.61. The van der Waals surface area contributed by atoms with Crippen LogP contribution in [0.5, 0.6) is 0 Å². The summed E-state index contributed by atoms with van der Waals surface area (Å²) >= 11 is 0. The Hall–Kier alpha value is -1.88. The minimum absolute atomic E-state index is 0.0447. The monoisotopic (exact) mass is 250 g/mol. The van der Waals surface area contributed by atoms with Crippen molar-refractivity contribution in [3.05, 3.63) is 42.9 Å². The van der Waals surface area contributed by atoms with Crippen LogP contribution in [0.15, 0.2) is 30.3 Å². The molecule has 0 amide bonds.